The fourth-order valence-electron chi connectivity index (χ4n) is 2.22. The molecule has 0 aliphatic rings. The summed E-state index contributed by atoms with van der Waals surface area (Å²) in [5.74, 6) is 0.351. The number of aryl methyl sites for hydroxylation is 2. The lowest BCUT2D eigenvalue weighted by Crippen LogP contribution is -2.38. The second kappa shape index (κ2) is 5.57. The van der Waals surface area contributed by atoms with Gasteiger partial charge < -0.3 is 5.73 Å². The molecule has 1 aromatic heterocycles. The minimum atomic E-state index is 0.351. The van der Waals surface area contributed by atoms with E-state index in [1.807, 2.05) is 53.2 Å². The largest absolute Gasteiger partial charge is 0.362 e. The molecule has 4 nitrogen and oxygen atoms in total. The smallest absolute Gasteiger partial charge is 0.304 e. The first-order valence-corrected chi connectivity index (χ1v) is 6.59. The maximum Gasteiger partial charge on any atom is 0.304 e. The van der Waals surface area contributed by atoms with Crippen LogP contribution in [0.3, 0.4) is 0 Å². The van der Waals surface area contributed by atoms with E-state index in [9.17, 15) is 0 Å². The normalized spacial score (nSPS) is 10.6. The number of hydrogen-bond acceptors (Lipinski definition) is 3. The molecule has 1 heterocycles. The van der Waals surface area contributed by atoms with Gasteiger partial charge in [0.2, 0.25) is 5.27 Å². The maximum absolute atomic E-state index is 5.89. The zero-order valence-electron chi connectivity index (χ0n) is 11.1. The van der Waals surface area contributed by atoms with Crippen LogP contribution in [0.1, 0.15) is 5.56 Å². The molecule has 0 bridgehead atoms. The lowest BCUT2D eigenvalue weighted by Gasteiger charge is -1.97. The van der Waals surface area contributed by atoms with Crippen molar-refractivity contribution < 1.29 is 9.20 Å². The minimum Gasteiger partial charge on any atom is -0.362 e. The molecule has 2 N–H and O–H groups in total. The van der Waals surface area contributed by atoms with Crippen LogP contribution in [0.2, 0.25) is 0 Å². The van der Waals surface area contributed by atoms with Gasteiger partial charge in [-0.15, -0.1) is 0 Å². The average molecular weight is 266 g/mol. The van der Waals surface area contributed by atoms with Crippen molar-refractivity contribution in [1.29, 1.82) is 0 Å². The molecule has 0 fully saturated rings. The summed E-state index contributed by atoms with van der Waals surface area (Å²) in [4.78, 5) is 0. The van der Waals surface area contributed by atoms with Crippen LogP contribution < -0.4 is 10.4 Å². The monoisotopic (exact) mass is 266 g/mol. The third kappa shape index (κ3) is 2.54. The molecule has 20 heavy (non-hydrogen) atoms. The van der Waals surface area contributed by atoms with Gasteiger partial charge in [-0.3, -0.25) is 4.52 Å². The zero-order chi connectivity index (χ0) is 13.8. The van der Waals surface area contributed by atoms with Gasteiger partial charge in [0, 0.05) is 6.42 Å². The Labute approximate surface area is 117 Å². The topological polar surface area (TPSA) is 55.9 Å². The van der Waals surface area contributed by atoms with E-state index in [0.29, 0.717) is 5.88 Å². The summed E-state index contributed by atoms with van der Waals surface area (Å²) in [6, 6.07) is 20.2. The Morgan fingerprint density at radius 1 is 0.950 bits per heavy atom. The van der Waals surface area contributed by atoms with E-state index in [1.165, 1.54) is 5.56 Å². The van der Waals surface area contributed by atoms with Crippen LogP contribution in [0.25, 0.3) is 11.3 Å². The molecule has 0 atom stereocenters. The van der Waals surface area contributed by atoms with Crippen molar-refractivity contribution in [2.24, 2.45) is 0 Å². The Balaban J connectivity index is 1.85. The summed E-state index contributed by atoms with van der Waals surface area (Å²) < 4.78 is 6.95. The van der Waals surface area contributed by atoms with Crippen molar-refractivity contribution >= 4 is 5.88 Å². The van der Waals surface area contributed by atoms with Gasteiger partial charge in [-0.1, -0.05) is 48.5 Å². The molecule has 0 amide bonds. The maximum atomic E-state index is 5.89. The fourth-order valence-corrected chi connectivity index (χ4v) is 2.22. The van der Waals surface area contributed by atoms with Gasteiger partial charge in [0.15, 0.2) is 6.54 Å². The fraction of sp³-hybridized carbons (Fsp3) is 0.125. The van der Waals surface area contributed by atoms with Crippen molar-refractivity contribution in [3.05, 3.63) is 66.2 Å². The number of rotatable bonds is 4. The van der Waals surface area contributed by atoms with E-state index in [4.69, 9.17) is 10.3 Å². The number of hydrogen-bond donors (Lipinski definition) is 1. The number of aromatic nitrogens is 2. The number of nitrogens with zero attached hydrogens (tertiary/aromatic N) is 2. The predicted molar refractivity (Wildman–Crippen MR) is 76.7 cm³/mol. The van der Waals surface area contributed by atoms with Gasteiger partial charge in [-0.05, 0) is 22.4 Å². The lowest BCUT2D eigenvalue weighted by atomic mass is 10.1. The standard InChI is InChI=1S/C16H16N3O/c17-16-15(14-9-5-2-6-10-14)19(18-20-16)12-11-13-7-3-1-4-8-13/h1-10H,11-12,17H2/q+1. The zero-order valence-corrected chi connectivity index (χ0v) is 11.1. The number of nitrogens with two attached hydrogens (primary N) is 1. The first-order chi connectivity index (χ1) is 9.84. The van der Waals surface area contributed by atoms with Crippen LogP contribution in [0.5, 0.6) is 0 Å². The van der Waals surface area contributed by atoms with Crippen molar-refractivity contribution in [2.75, 3.05) is 5.73 Å². The van der Waals surface area contributed by atoms with Gasteiger partial charge in [0.1, 0.15) is 0 Å². The molecule has 0 radical (unpaired) electrons. The van der Waals surface area contributed by atoms with Crippen LogP contribution >= 0.6 is 0 Å². The second-order valence-electron chi connectivity index (χ2n) is 4.61. The number of benzene rings is 2. The Morgan fingerprint density at radius 2 is 1.60 bits per heavy atom. The van der Waals surface area contributed by atoms with Gasteiger partial charge in [-0.2, -0.15) is 0 Å². The summed E-state index contributed by atoms with van der Waals surface area (Å²) in [5, 5.41) is 4.02. The highest BCUT2D eigenvalue weighted by molar-refractivity contribution is 5.64. The van der Waals surface area contributed by atoms with Crippen LogP contribution in [0.4, 0.5) is 5.88 Å². The van der Waals surface area contributed by atoms with E-state index in [0.717, 1.165) is 24.2 Å². The van der Waals surface area contributed by atoms with Crippen molar-refractivity contribution in [3.8, 4) is 11.3 Å². The Kier molecular flexibility index (Phi) is 3.46. The van der Waals surface area contributed by atoms with Crippen molar-refractivity contribution in [1.82, 2.24) is 5.27 Å². The quantitative estimate of drug-likeness (QED) is 0.738. The SMILES string of the molecule is Nc1on[n+](CCc2ccccc2)c1-c1ccccc1. The third-order valence-electron chi connectivity index (χ3n) is 3.23. The van der Waals surface area contributed by atoms with Crippen LogP contribution in [0, 0.1) is 0 Å². The Morgan fingerprint density at radius 3 is 2.30 bits per heavy atom. The summed E-state index contributed by atoms with van der Waals surface area (Å²) >= 11 is 0. The molecular formula is C16H16N3O+. The number of anilines is 1. The Bertz CT molecular complexity index is 677. The summed E-state index contributed by atoms with van der Waals surface area (Å²) in [7, 11) is 0. The molecule has 0 aliphatic heterocycles. The molecule has 100 valence electrons. The lowest BCUT2D eigenvalue weighted by molar-refractivity contribution is -0.752. The minimum absolute atomic E-state index is 0.351. The molecule has 2 aromatic carbocycles. The van der Waals surface area contributed by atoms with E-state index >= 15 is 0 Å². The molecule has 4 heteroatoms. The average Bonchev–Trinajstić information content (AvgIpc) is 2.88. The molecule has 0 saturated carbocycles. The van der Waals surface area contributed by atoms with Crippen molar-refractivity contribution in [3.63, 3.8) is 0 Å². The van der Waals surface area contributed by atoms with E-state index in [-0.39, 0.29) is 0 Å². The third-order valence-corrected chi connectivity index (χ3v) is 3.23. The van der Waals surface area contributed by atoms with Gasteiger partial charge in [0.05, 0.1) is 5.56 Å². The second-order valence-corrected chi connectivity index (χ2v) is 4.61. The molecule has 0 spiro atoms. The number of nitrogen functional groups attached to an aromatic ring is 1. The van der Waals surface area contributed by atoms with Gasteiger partial charge in [0.25, 0.3) is 0 Å². The van der Waals surface area contributed by atoms with E-state index in [2.05, 4.69) is 17.4 Å². The van der Waals surface area contributed by atoms with Gasteiger partial charge in [-0.25, -0.2) is 0 Å². The molecule has 0 saturated heterocycles. The van der Waals surface area contributed by atoms with Crippen LogP contribution in [-0.2, 0) is 13.0 Å². The van der Waals surface area contributed by atoms with E-state index < -0.39 is 0 Å². The summed E-state index contributed by atoms with van der Waals surface area (Å²) in [5.41, 5.74) is 9.00. The van der Waals surface area contributed by atoms with E-state index in [1.54, 1.807) is 0 Å². The molecule has 0 aliphatic carbocycles. The highest BCUT2D eigenvalue weighted by Crippen LogP contribution is 2.21. The highest BCUT2D eigenvalue weighted by atomic mass is 16.5. The highest BCUT2D eigenvalue weighted by Gasteiger charge is 2.23. The first kappa shape index (κ1) is 12.4. The predicted octanol–water partition coefficient (Wildman–Crippen LogP) is 2.45. The van der Waals surface area contributed by atoms with Gasteiger partial charge >= 0.3 is 11.6 Å². The molecular weight excluding hydrogens is 250 g/mol. The molecule has 0 unspecified atom stereocenters. The van der Waals surface area contributed by atoms with Crippen molar-refractivity contribution in [2.45, 2.75) is 13.0 Å². The summed E-state index contributed by atoms with van der Waals surface area (Å²) in [6.45, 7) is 0.731. The first-order valence-electron chi connectivity index (χ1n) is 6.59. The molecule has 3 aromatic rings. The molecule has 3 rings (SSSR count). The summed E-state index contributed by atoms with van der Waals surface area (Å²) in [6.07, 6.45) is 0.886. The van der Waals surface area contributed by atoms with Crippen LogP contribution in [0.15, 0.2) is 65.2 Å². The Hall–Kier alpha value is -2.62. The van der Waals surface area contributed by atoms with Crippen LogP contribution in [-0.4, -0.2) is 5.27 Å².